The molecule has 0 aliphatic rings. The van der Waals surface area contributed by atoms with Crippen molar-refractivity contribution in [2.75, 3.05) is 0 Å². The molecule has 0 saturated carbocycles. The predicted molar refractivity (Wildman–Crippen MR) is 78.4 cm³/mol. The molecule has 0 aliphatic heterocycles. The van der Waals surface area contributed by atoms with Gasteiger partial charge in [0.05, 0.1) is 0 Å². The first kappa shape index (κ1) is 16.0. The number of nitrogens with zero attached hydrogens (tertiary/aromatic N) is 1. The van der Waals surface area contributed by atoms with Gasteiger partial charge in [0.1, 0.15) is 6.61 Å². The Morgan fingerprint density at radius 1 is 1.00 bits per heavy atom. The van der Waals surface area contributed by atoms with Gasteiger partial charge in [0, 0.05) is 18.3 Å². The molecule has 0 atom stereocenters. The lowest BCUT2D eigenvalue weighted by atomic mass is 10.2. The zero-order valence-corrected chi connectivity index (χ0v) is 11.9. The summed E-state index contributed by atoms with van der Waals surface area (Å²) in [4.78, 5) is 38.6. The zero-order chi connectivity index (χ0) is 16.7. The van der Waals surface area contributed by atoms with E-state index < -0.39 is 17.9 Å². The van der Waals surface area contributed by atoms with Crippen LogP contribution in [0.3, 0.4) is 0 Å². The van der Waals surface area contributed by atoms with E-state index in [9.17, 15) is 14.4 Å². The van der Waals surface area contributed by atoms with E-state index in [-0.39, 0.29) is 12.3 Å². The maximum Gasteiger partial charge on any atom is 0.356 e. The number of carbonyl (C=O) groups is 3. The maximum atomic E-state index is 11.5. The highest BCUT2D eigenvalue weighted by atomic mass is 16.7. The predicted octanol–water partition coefficient (Wildman–Crippen LogP) is 1.44. The SMILES string of the molecule is O=C(/C=C\C(=O)On1cccc1C(=O)O)OCc1ccccc1. The zero-order valence-electron chi connectivity index (χ0n) is 11.9. The average Bonchev–Trinajstić information content (AvgIpc) is 3.00. The number of aromatic carboxylic acids is 1. The van der Waals surface area contributed by atoms with E-state index in [0.717, 1.165) is 22.4 Å². The largest absolute Gasteiger partial charge is 0.476 e. The Morgan fingerprint density at radius 2 is 1.70 bits per heavy atom. The molecule has 0 saturated heterocycles. The van der Waals surface area contributed by atoms with Crippen LogP contribution in [-0.4, -0.2) is 27.7 Å². The van der Waals surface area contributed by atoms with Gasteiger partial charge >= 0.3 is 17.9 Å². The maximum absolute atomic E-state index is 11.5. The van der Waals surface area contributed by atoms with Gasteiger partial charge < -0.3 is 14.7 Å². The second-order valence-electron chi connectivity index (χ2n) is 4.36. The van der Waals surface area contributed by atoms with Gasteiger partial charge in [-0.25, -0.2) is 14.4 Å². The molecule has 2 aromatic rings. The molecular weight excluding hydrogens is 302 g/mol. The van der Waals surface area contributed by atoms with Crippen molar-refractivity contribution in [1.82, 2.24) is 4.73 Å². The third-order valence-electron chi connectivity index (χ3n) is 2.70. The second-order valence-corrected chi connectivity index (χ2v) is 4.36. The van der Waals surface area contributed by atoms with Crippen LogP contribution in [0.25, 0.3) is 0 Å². The molecule has 0 amide bonds. The number of esters is 1. The number of benzene rings is 1. The molecule has 7 heteroatoms. The highest BCUT2D eigenvalue weighted by molar-refractivity contribution is 5.92. The number of carbonyl (C=O) groups excluding carboxylic acids is 2. The third kappa shape index (κ3) is 4.85. The number of carboxylic acids is 1. The van der Waals surface area contributed by atoms with E-state index >= 15 is 0 Å². The minimum atomic E-state index is -1.24. The number of hydrogen-bond donors (Lipinski definition) is 1. The van der Waals surface area contributed by atoms with E-state index in [4.69, 9.17) is 14.7 Å². The van der Waals surface area contributed by atoms with Crippen LogP contribution in [0.4, 0.5) is 0 Å². The Kier molecular flexibility index (Phi) is 5.30. The molecule has 0 aliphatic carbocycles. The van der Waals surface area contributed by atoms with Gasteiger partial charge in [-0.2, -0.15) is 4.73 Å². The first-order valence-electron chi connectivity index (χ1n) is 6.58. The third-order valence-corrected chi connectivity index (χ3v) is 2.70. The molecule has 7 nitrogen and oxygen atoms in total. The molecule has 0 bridgehead atoms. The molecule has 1 heterocycles. The van der Waals surface area contributed by atoms with E-state index in [1.165, 1.54) is 18.3 Å². The molecule has 23 heavy (non-hydrogen) atoms. The van der Waals surface area contributed by atoms with Crippen LogP contribution in [0, 0.1) is 0 Å². The van der Waals surface area contributed by atoms with Crippen molar-refractivity contribution in [3.8, 4) is 0 Å². The topological polar surface area (TPSA) is 94.8 Å². The molecule has 1 N–H and O–H groups in total. The van der Waals surface area contributed by atoms with Gasteiger partial charge in [0.25, 0.3) is 0 Å². The summed E-state index contributed by atoms with van der Waals surface area (Å²) >= 11 is 0. The lowest BCUT2D eigenvalue weighted by Gasteiger charge is -2.04. The number of carboxylic acid groups (broad SMARTS) is 1. The molecule has 0 unspecified atom stereocenters. The summed E-state index contributed by atoms with van der Waals surface area (Å²) in [5.41, 5.74) is 0.605. The van der Waals surface area contributed by atoms with E-state index in [1.54, 1.807) is 12.1 Å². The minimum absolute atomic E-state index is 0.0832. The Labute approximate surface area is 131 Å². The fourth-order valence-electron chi connectivity index (χ4n) is 1.65. The fourth-order valence-corrected chi connectivity index (χ4v) is 1.65. The summed E-state index contributed by atoms with van der Waals surface area (Å²) in [5, 5.41) is 8.86. The van der Waals surface area contributed by atoms with Gasteiger partial charge in [-0.15, -0.1) is 0 Å². The summed E-state index contributed by atoms with van der Waals surface area (Å²) in [6.07, 6.45) is 3.04. The molecular formula is C16H13NO6. The Balaban J connectivity index is 1.84. The molecule has 0 radical (unpaired) electrons. The van der Waals surface area contributed by atoms with Gasteiger partial charge in [-0.05, 0) is 17.7 Å². The summed E-state index contributed by atoms with van der Waals surface area (Å²) < 4.78 is 5.74. The Bertz CT molecular complexity index is 732. The van der Waals surface area contributed by atoms with E-state index in [0.29, 0.717) is 0 Å². The molecule has 118 valence electrons. The van der Waals surface area contributed by atoms with Crippen LogP contribution in [-0.2, 0) is 20.9 Å². The summed E-state index contributed by atoms with van der Waals surface area (Å²) in [7, 11) is 0. The lowest BCUT2D eigenvalue weighted by Crippen LogP contribution is -2.21. The number of hydrogen-bond acceptors (Lipinski definition) is 5. The van der Waals surface area contributed by atoms with Crippen molar-refractivity contribution in [3.05, 3.63) is 72.1 Å². The van der Waals surface area contributed by atoms with E-state index in [1.807, 2.05) is 18.2 Å². The quantitative estimate of drug-likeness (QED) is 0.640. The van der Waals surface area contributed by atoms with Crippen molar-refractivity contribution < 1.29 is 29.1 Å². The van der Waals surface area contributed by atoms with Crippen LogP contribution in [0.2, 0.25) is 0 Å². The van der Waals surface area contributed by atoms with Gasteiger partial charge in [0.2, 0.25) is 0 Å². The summed E-state index contributed by atoms with van der Waals surface area (Å²) in [6.45, 7) is 0.0832. The Hall–Kier alpha value is -3.35. The average molecular weight is 315 g/mol. The van der Waals surface area contributed by atoms with Crippen LogP contribution in [0.1, 0.15) is 16.1 Å². The molecule has 1 aromatic carbocycles. The highest BCUT2D eigenvalue weighted by Crippen LogP contribution is 2.02. The standard InChI is InChI=1S/C16H13NO6/c18-14(22-11-12-5-2-1-3-6-12)8-9-15(19)23-17-10-4-7-13(17)16(20)21/h1-10H,11H2,(H,20,21)/b9-8-. The molecule has 0 spiro atoms. The highest BCUT2D eigenvalue weighted by Gasteiger charge is 2.11. The molecule has 1 aromatic heterocycles. The number of rotatable bonds is 6. The molecule has 2 rings (SSSR count). The van der Waals surface area contributed by atoms with Crippen molar-refractivity contribution in [2.45, 2.75) is 6.61 Å². The summed E-state index contributed by atoms with van der Waals surface area (Å²) in [5.74, 6) is -2.86. The second kappa shape index (κ2) is 7.60. The fraction of sp³-hybridized carbons (Fsp3) is 0.0625. The van der Waals surface area contributed by atoms with Crippen LogP contribution >= 0.6 is 0 Å². The first-order chi connectivity index (χ1) is 11.1. The summed E-state index contributed by atoms with van der Waals surface area (Å²) in [6, 6.07) is 11.7. The van der Waals surface area contributed by atoms with Crippen molar-refractivity contribution in [3.63, 3.8) is 0 Å². The van der Waals surface area contributed by atoms with Crippen LogP contribution < -0.4 is 4.84 Å². The van der Waals surface area contributed by atoms with Crippen molar-refractivity contribution in [2.24, 2.45) is 0 Å². The van der Waals surface area contributed by atoms with Gasteiger partial charge in [-0.3, -0.25) is 0 Å². The number of ether oxygens (including phenoxy) is 1. The minimum Gasteiger partial charge on any atom is -0.476 e. The van der Waals surface area contributed by atoms with Crippen molar-refractivity contribution in [1.29, 1.82) is 0 Å². The van der Waals surface area contributed by atoms with Crippen LogP contribution in [0.15, 0.2) is 60.8 Å². The lowest BCUT2D eigenvalue weighted by molar-refractivity contribution is -0.141. The van der Waals surface area contributed by atoms with Gasteiger partial charge in [-0.1, -0.05) is 30.3 Å². The molecule has 0 fully saturated rings. The monoisotopic (exact) mass is 315 g/mol. The Morgan fingerprint density at radius 3 is 2.39 bits per heavy atom. The van der Waals surface area contributed by atoms with Crippen LogP contribution in [0.5, 0.6) is 0 Å². The van der Waals surface area contributed by atoms with Crippen molar-refractivity contribution >= 4 is 17.9 Å². The smallest absolute Gasteiger partial charge is 0.356 e. The first-order valence-corrected chi connectivity index (χ1v) is 6.58. The number of aromatic nitrogens is 1. The van der Waals surface area contributed by atoms with Gasteiger partial charge in [0.15, 0.2) is 5.69 Å². The van der Waals surface area contributed by atoms with E-state index in [2.05, 4.69) is 0 Å². The normalized spacial score (nSPS) is 10.4.